The third-order valence-electron chi connectivity index (χ3n) is 3.13. The van der Waals surface area contributed by atoms with E-state index >= 15 is 0 Å². The Balaban J connectivity index is 2.26. The van der Waals surface area contributed by atoms with Crippen LogP contribution in [0.25, 0.3) is 0 Å². The number of carbonyl (C=O) groups is 1. The zero-order chi connectivity index (χ0) is 10.8. The monoisotopic (exact) mass is 206 g/mol. The number of para-hydroxylation sites is 1. The van der Waals surface area contributed by atoms with Gasteiger partial charge in [0.1, 0.15) is 5.75 Å². The smallest absolute Gasteiger partial charge is 0.307 e. The molecule has 1 N–H and O–H groups in total. The predicted molar refractivity (Wildman–Crippen MR) is 56.1 cm³/mol. The van der Waals surface area contributed by atoms with E-state index < -0.39 is 5.97 Å². The van der Waals surface area contributed by atoms with Crippen molar-refractivity contribution in [1.82, 2.24) is 0 Å². The second-order valence-corrected chi connectivity index (χ2v) is 3.87. The first-order valence-corrected chi connectivity index (χ1v) is 5.09. The summed E-state index contributed by atoms with van der Waals surface area (Å²) in [6.45, 7) is 0. The molecule has 80 valence electrons. The van der Waals surface area contributed by atoms with E-state index in [0.29, 0.717) is 0 Å². The maximum atomic E-state index is 10.9. The van der Waals surface area contributed by atoms with Crippen LogP contribution in [0.5, 0.6) is 5.75 Å². The molecular formula is C12H14O3. The Morgan fingerprint density at radius 1 is 1.40 bits per heavy atom. The van der Waals surface area contributed by atoms with E-state index in [0.717, 1.165) is 24.2 Å². The van der Waals surface area contributed by atoms with Crippen molar-refractivity contribution < 1.29 is 14.6 Å². The average molecular weight is 206 g/mol. The lowest BCUT2D eigenvalue weighted by molar-refractivity contribution is -0.145. The van der Waals surface area contributed by atoms with Gasteiger partial charge in [-0.3, -0.25) is 4.79 Å². The number of hydrogen-bond acceptors (Lipinski definition) is 2. The second kappa shape index (κ2) is 3.93. The Kier molecular flexibility index (Phi) is 2.62. The van der Waals surface area contributed by atoms with Crippen molar-refractivity contribution in [3.8, 4) is 5.75 Å². The molecule has 1 fully saturated rings. The summed E-state index contributed by atoms with van der Waals surface area (Å²) in [7, 11) is 1.62. The SMILES string of the molecule is COc1ccccc1C1CCC1C(=O)O. The van der Waals surface area contributed by atoms with Gasteiger partial charge in [0.05, 0.1) is 13.0 Å². The van der Waals surface area contributed by atoms with Crippen molar-refractivity contribution in [3.05, 3.63) is 29.8 Å². The van der Waals surface area contributed by atoms with Crippen LogP contribution in [0.4, 0.5) is 0 Å². The molecule has 0 aliphatic heterocycles. The van der Waals surface area contributed by atoms with Gasteiger partial charge < -0.3 is 9.84 Å². The Labute approximate surface area is 88.7 Å². The largest absolute Gasteiger partial charge is 0.496 e. The zero-order valence-electron chi connectivity index (χ0n) is 8.64. The molecule has 0 saturated heterocycles. The van der Waals surface area contributed by atoms with E-state index in [1.165, 1.54) is 0 Å². The summed E-state index contributed by atoms with van der Waals surface area (Å²) in [6.07, 6.45) is 1.72. The predicted octanol–water partition coefficient (Wildman–Crippen LogP) is 2.27. The van der Waals surface area contributed by atoms with Crippen LogP contribution in [-0.2, 0) is 4.79 Å². The Bertz CT molecular complexity index is 373. The van der Waals surface area contributed by atoms with Gasteiger partial charge >= 0.3 is 5.97 Å². The molecule has 0 amide bonds. The number of methoxy groups -OCH3 is 1. The van der Waals surface area contributed by atoms with Gasteiger partial charge in [-0.15, -0.1) is 0 Å². The molecule has 1 saturated carbocycles. The molecule has 1 aliphatic rings. The molecule has 1 aliphatic carbocycles. The van der Waals surface area contributed by atoms with E-state index in [1.807, 2.05) is 24.3 Å². The fourth-order valence-electron chi connectivity index (χ4n) is 2.14. The third kappa shape index (κ3) is 1.69. The summed E-state index contributed by atoms with van der Waals surface area (Å²) in [4.78, 5) is 10.9. The highest BCUT2D eigenvalue weighted by Gasteiger charge is 2.38. The fraction of sp³-hybridized carbons (Fsp3) is 0.417. The highest BCUT2D eigenvalue weighted by molar-refractivity contribution is 5.73. The number of benzene rings is 1. The van der Waals surface area contributed by atoms with Crippen LogP contribution in [0.1, 0.15) is 24.3 Å². The molecular weight excluding hydrogens is 192 g/mol. The summed E-state index contributed by atoms with van der Waals surface area (Å²) in [5.41, 5.74) is 1.03. The van der Waals surface area contributed by atoms with Gasteiger partial charge in [-0.1, -0.05) is 18.2 Å². The summed E-state index contributed by atoms with van der Waals surface area (Å²) in [6, 6.07) is 7.66. The van der Waals surface area contributed by atoms with Gasteiger partial charge in [-0.2, -0.15) is 0 Å². The number of aliphatic carboxylic acids is 1. The van der Waals surface area contributed by atoms with Crippen LogP contribution in [0.2, 0.25) is 0 Å². The average Bonchev–Trinajstić information content (AvgIpc) is 2.16. The van der Waals surface area contributed by atoms with Gasteiger partial charge in [0.25, 0.3) is 0 Å². The number of rotatable bonds is 3. The van der Waals surface area contributed by atoms with Crippen LogP contribution < -0.4 is 4.74 Å². The first-order valence-electron chi connectivity index (χ1n) is 5.09. The highest BCUT2D eigenvalue weighted by atomic mass is 16.5. The normalized spacial score (nSPS) is 24.3. The summed E-state index contributed by atoms with van der Waals surface area (Å²) in [5, 5.41) is 8.99. The molecule has 2 atom stereocenters. The molecule has 15 heavy (non-hydrogen) atoms. The zero-order valence-corrected chi connectivity index (χ0v) is 8.64. The van der Waals surface area contributed by atoms with E-state index in [2.05, 4.69) is 0 Å². The van der Waals surface area contributed by atoms with Gasteiger partial charge in [0.15, 0.2) is 0 Å². The van der Waals surface area contributed by atoms with E-state index in [-0.39, 0.29) is 11.8 Å². The first-order chi connectivity index (χ1) is 7.24. The number of ether oxygens (including phenoxy) is 1. The molecule has 0 bridgehead atoms. The minimum atomic E-state index is -0.697. The molecule has 1 aromatic rings. The third-order valence-corrected chi connectivity index (χ3v) is 3.13. The Hall–Kier alpha value is -1.51. The lowest BCUT2D eigenvalue weighted by Crippen LogP contribution is -2.31. The lowest BCUT2D eigenvalue weighted by Gasteiger charge is -2.34. The molecule has 0 radical (unpaired) electrons. The van der Waals surface area contributed by atoms with Crippen molar-refractivity contribution in [1.29, 1.82) is 0 Å². The Morgan fingerprint density at radius 3 is 2.67 bits per heavy atom. The van der Waals surface area contributed by atoms with Gasteiger partial charge in [0, 0.05) is 5.92 Å². The van der Waals surface area contributed by atoms with Crippen molar-refractivity contribution in [2.75, 3.05) is 7.11 Å². The number of carboxylic acids is 1. The van der Waals surface area contributed by atoms with Crippen LogP contribution in [0, 0.1) is 5.92 Å². The highest BCUT2D eigenvalue weighted by Crippen LogP contribution is 2.45. The minimum Gasteiger partial charge on any atom is -0.496 e. The Morgan fingerprint density at radius 2 is 2.13 bits per heavy atom. The van der Waals surface area contributed by atoms with Crippen LogP contribution in [0.15, 0.2) is 24.3 Å². The van der Waals surface area contributed by atoms with E-state index in [1.54, 1.807) is 7.11 Å². The molecule has 2 rings (SSSR count). The van der Waals surface area contributed by atoms with Crippen molar-refractivity contribution in [3.63, 3.8) is 0 Å². The standard InChI is InChI=1S/C12H14O3/c1-15-11-5-3-2-4-9(11)8-6-7-10(8)12(13)14/h2-5,8,10H,6-7H2,1H3,(H,13,14). The number of hydrogen-bond donors (Lipinski definition) is 1. The van der Waals surface area contributed by atoms with Gasteiger partial charge in [0.2, 0.25) is 0 Å². The first kappa shape index (κ1) is 10.0. The quantitative estimate of drug-likeness (QED) is 0.825. The van der Waals surface area contributed by atoms with Crippen LogP contribution in [-0.4, -0.2) is 18.2 Å². The maximum Gasteiger partial charge on any atom is 0.307 e. The van der Waals surface area contributed by atoms with Crippen LogP contribution >= 0.6 is 0 Å². The number of carboxylic acid groups (broad SMARTS) is 1. The molecule has 1 aromatic carbocycles. The topological polar surface area (TPSA) is 46.5 Å². The minimum absolute atomic E-state index is 0.124. The molecule has 2 unspecified atom stereocenters. The summed E-state index contributed by atoms with van der Waals surface area (Å²) < 4.78 is 5.24. The molecule has 0 heterocycles. The van der Waals surface area contributed by atoms with Crippen molar-refractivity contribution >= 4 is 5.97 Å². The molecule has 3 heteroatoms. The van der Waals surface area contributed by atoms with Gasteiger partial charge in [-0.05, 0) is 24.5 Å². The summed E-state index contributed by atoms with van der Waals surface area (Å²) in [5.74, 6) is -0.00874. The maximum absolute atomic E-state index is 10.9. The van der Waals surface area contributed by atoms with Crippen LogP contribution in [0.3, 0.4) is 0 Å². The second-order valence-electron chi connectivity index (χ2n) is 3.87. The summed E-state index contributed by atoms with van der Waals surface area (Å²) >= 11 is 0. The van der Waals surface area contributed by atoms with Gasteiger partial charge in [-0.25, -0.2) is 0 Å². The lowest BCUT2D eigenvalue weighted by atomic mass is 9.70. The fourth-order valence-corrected chi connectivity index (χ4v) is 2.14. The molecule has 3 nitrogen and oxygen atoms in total. The van der Waals surface area contributed by atoms with Crippen molar-refractivity contribution in [2.24, 2.45) is 5.92 Å². The van der Waals surface area contributed by atoms with E-state index in [9.17, 15) is 4.79 Å². The molecule has 0 aromatic heterocycles. The van der Waals surface area contributed by atoms with E-state index in [4.69, 9.17) is 9.84 Å². The molecule has 0 spiro atoms. The van der Waals surface area contributed by atoms with Crippen molar-refractivity contribution in [2.45, 2.75) is 18.8 Å².